The highest BCUT2D eigenvalue weighted by Crippen LogP contribution is 2.27. The van der Waals surface area contributed by atoms with E-state index in [-0.39, 0.29) is 0 Å². The lowest BCUT2D eigenvalue weighted by Gasteiger charge is -1.87. The van der Waals surface area contributed by atoms with E-state index < -0.39 is 44.0 Å². The minimum atomic E-state index is -0.989. The van der Waals surface area contributed by atoms with Gasteiger partial charge in [0.1, 0.15) is 0 Å². The second-order valence-corrected chi connectivity index (χ2v) is 3.01. The molecule has 98 valence electrons. The van der Waals surface area contributed by atoms with Crippen LogP contribution in [0.25, 0.3) is 11.5 Å². The summed E-state index contributed by atoms with van der Waals surface area (Å²) in [6.45, 7) is 0. The van der Waals surface area contributed by atoms with Gasteiger partial charge in [0.15, 0.2) is 0 Å². The van der Waals surface area contributed by atoms with Crippen molar-refractivity contribution in [2.45, 2.75) is 0 Å². The Morgan fingerprint density at radius 3 is 2.00 bits per heavy atom. The molecule has 0 spiro atoms. The van der Waals surface area contributed by atoms with Gasteiger partial charge in [-0.3, -0.25) is 0 Å². The smallest absolute Gasteiger partial charge is 0.390 e. The first-order chi connectivity index (χ1) is 8.90. The van der Waals surface area contributed by atoms with E-state index in [4.69, 9.17) is 0 Å². The highest BCUT2D eigenvalue weighted by molar-refractivity contribution is 5.62. The summed E-state index contributed by atoms with van der Waals surface area (Å²) in [4.78, 5) is 37.1. The van der Waals surface area contributed by atoms with Crippen molar-refractivity contribution in [3.05, 3.63) is 30.3 Å². The van der Waals surface area contributed by atoms with Gasteiger partial charge in [0.2, 0.25) is 0 Å². The molecule has 0 aliphatic carbocycles. The zero-order valence-corrected chi connectivity index (χ0v) is 8.63. The van der Waals surface area contributed by atoms with Gasteiger partial charge < -0.3 is 30.3 Å². The number of hydrogen-bond donors (Lipinski definition) is 2. The Labute approximate surface area is 100 Å². The molecule has 2 heterocycles. The van der Waals surface area contributed by atoms with Crippen LogP contribution in [-0.4, -0.2) is 39.9 Å². The van der Waals surface area contributed by atoms with Crippen LogP contribution < -0.4 is 0 Å². The number of nitro groups is 3. The molecule has 0 bridgehead atoms. The summed E-state index contributed by atoms with van der Waals surface area (Å²) in [6.07, 6.45) is 0. The average Bonchev–Trinajstić information content (AvgIpc) is 2.95. The first-order valence-corrected chi connectivity index (χ1v) is 4.36. The first kappa shape index (κ1) is 12.0. The second-order valence-electron chi connectivity index (χ2n) is 3.01. The van der Waals surface area contributed by atoms with Gasteiger partial charge in [-0.05, 0) is 24.7 Å². The first-order valence-electron chi connectivity index (χ1n) is 4.36. The quantitative estimate of drug-likeness (QED) is 0.562. The predicted molar refractivity (Wildman–Crippen MR) is 53.9 cm³/mol. The number of H-pyrrole nitrogens is 2. The third kappa shape index (κ3) is 2.04. The monoisotopic (exact) mass is 270 g/mol. The van der Waals surface area contributed by atoms with E-state index in [0.29, 0.717) is 0 Å². The summed E-state index contributed by atoms with van der Waals surface area (Å²) in [5.41, 5.74) is -0.568. The number of nitrogens with one attached hydrogen (secondary N) is 2. The van der Waals surface area contributed by atoms with Gasteiger partial charge in [-0.2, -0.15) is 4.98 Å². The number of imidazole rings is 1. The van der Waals surface area contributed by atoms with Gasteiger partial charge >= 0.3 is 29.2 Å². The molecule has 0 fully saturated rings. The number of nitrogens with zero attached hydrogens (tertiary/aromatic N) is 6. The molecule has 2 N–H and O–H groups in total. The highest BCUT2D eigenvalue weighted by atomic mass is 16.6. The molecule has 2 rings (SSSR count). The second kappa shape index (κ2) is 4.09. The Balaban J connectivity index is 2.56. The molecule has 0 unspecified atom stereocenters. The molecule has 2 aromatic heterocycles. The van der Waals surface area contributed by atoms with Crippen LogP contribution in [-0.2, 0) is 0 Å². The molecule has 2 aromatic rings. The standard InChI is InChI=1S/C5H2N8O6/c14-11(15)3-1(6-4(8-3)12(16)17)2-7-5(10-9-2)13(18)19/h(H,6,8)(H,7,9,10). The number of rotatable bonds is 4. The fourth-order valence-electron chi connectivity index (χ4n) is 1.17. The molecule has 14 nitrogen and oxygen atoms in total. The SMILES string of the molecule is O=[N+]([O-])c1nc(-c2nc([N+](=O)[O-])[nH]c2[N+](=O)[O-])n[nH]1. The highest BCUT2D eigenvalue weighted by Gasteiger charge is 2.33. The van der Waals surface area contributed by atoms with E-state index >= 15 is 0 Å². The summed E-state index contributed by atoms with van der Waals surface area (Å²) in [6, 6.07) is 0. The van der Waals surface area contributed by atoms with Crippen molar-refractivity contribution in [2.24, 2.45) is 0 Å². The van der Waals surface area contributed by atoms with Gasteiger partial charge in [0, 0.05) is 0 Å². The molecule has 19 heavy (non-hydrogen) atoms. The zero-order valence-electron chi connectivity index (χ0n) is 8.63. The lowest BCUT2D eigenvalue weighted by molar-refractivity contribution is -0.401. The van der Waals surface area contributed by atoms with Crippen LogP contribution in [0.2, 0.25) is 0 Å². The third-order valence-electron chi connectivity index (χ3n) is 1.89. The maximum Gasteiger partial charge on any atom is 0.465 e. The van der Waals surface area contributed by atoms with Gasteiger partial charge in [-0.1, -0.05) is 5.10 Å². The van der Waals surface area contributed by atoms with Gasteiger partial charge in [0.05, 0.1) is 0 Å². The van der Waals surface area contributed by atoms with Crippen LogP contribution in [0.15, 0.2) is 0 Å². The van der Waals surface area contributed by atoms with Crippen LogP contribution in [0.4, 0.5) is 17.7 Å². The lowest BCUT2D eigenvalue weighted by atomic mass is 10.4. The van der Waals surface area contributed by atoms with Crippen LogP contribution in [0.3, 0.4) is 0 Å². The molecule has 14 heteroatoms. The summed E-state index contributed by atoms with van der Waals surface area (Å²) < 4.78 is 0. The summed E-state index contributed by atoms with van der Waals surface area (Å²) >= 11 is 0. The van der Waals surface area contributed by atoms with Crippen LogP contribution in [0.1, 0.15) is 0 Å². The minimum Gasteiger partial charge on any atom is -0.390 e. The van der Waals surface area contributed by atoms with Crippen LogP contribution >= 0.6 is 0 Å². The third-order valence-corrected chi connectivity index (χ3v) is 1.89. The van der Waals surface area contributed by atoms with E-state index in [1.807, 2.05) is 10.1 Å². The molecule has 0 saturated carbocycles. The van der Waals surface area contributed by atoms with Crippen molar-refractivity contribution in [1.82, 2.24) is 25.1 Å². The van der Waals surface area contributed by atoms with E-state index in [9.17, 15) is 30.3 Å². The predicted octanol–water partition coefficient (Wildman–Crippen LogP) is -0.0806. The van der Waals surface area contributed by atoms with Gasteiger partial charge in [0.25, 0.3) is 0 Å². The van der Waals surface area contributed by atoms with Crippen molar-refractivity contribution in [1.29, 1.82) is 0 Å². The fourth-order valence-corrected chi connectivity index (χ4v) is 1.17. The molecular weight excluding hydrogens is 268 g/mol. The van der Waals surface area contributed by atoms with Crippen molar-refractivity contribution in [2.75, 3.05) is 0 Å². The van der Waals surface area contributed by atoms with Gasteiger partial charge in [-0.25, -0.2) is 0 Å². The molecule has 0 saturated heterocycles. The average molecular weight is 270 g/mol. The Morgan fingerprint density at radius 2 is 1.53 bits per heavy atom. The molecule has 0 aliphatic rings. The van der Waals surface area contributed by atoms with E-state index in [1.54, 1.807) is 0 Å². The van der Waals surface area contributed by atoms with Crippen LogP contribution in [0.5, 0.6) is 0 Å². The maximum atomic E-state index is 10.7. The summed E-state index contributed by atoms with van der Waals surface area (Å²) in [7, 11) is 0. The number of hydrogen-bond acceptors (Lipinski definition) is 9. The van der Waals surface area contributed by atoms with Crippen LogP contribution in [0, 0.1) is 30.3 Å². The Bertz CT molecular complexity index is 686. The zero-order chi connectivity index (χ0) is 14.2. The van der Waals surface area contributed by atoms with Crippen molar-refractivity contribution < 1.29 is 14.8 Å². The topological polar surface area (TPSA) is 200 Å². The van der Waals surface area contributed by atoms with Crippen molar-refractivity contribution >= 4 is 17.7 Å². The molecule has 0 aromatic carbocycles. The molecule has 0 radical (unpaired) electrons. The van der Waals surface area contributed by atoms with E-state index in [2.05, 4.69) is 15.1 Å². The minimum absolute atomic E-state index is 0.497. The lowest BCUT2D eigenvalue weighted by Crippen LogP contribution is -1.92. The van der Waals surface area contributed by atoms with Crippen molar-refractivity contribution in [3.63, 3.8) is 0 Å². The van der Waals surface area contributed by atoms with E-state index in [1.165, 1.54) is 0 Å². The Morgan fingerprint density at radius 1 is 0.895 bits per heavy atom. The number of aromatic nitrogens is 5. The van der Waals surface area contributed by atoms with E-state index in [0.717, 1.165) is 0 Å². The Kier molecular flexibility index (Phi) is 2.59. The Hall–Kier alpha value is -3.45. The summed E-state index contributed by atoms with van der Waals surface area (Å²) in [5, 5.41) is 36.8. The summed E-state index contributed by atoms with van der Waals surface area (Å²) in [5.74, 6) is -2.99. The molecular formula is C5H2N8O6. The maximum absolute atomic E-state index is 10.7. The molecule has 0 atom stereocenters. The fraction of sp³-hybridized carbons (Fsp3) is 0. The molecule has 0 amide bonds. The van der Waals surface area contributed by atoms with Gasteiger partial charge in [-0.15, -0.1) is 5.10 Å². The van der Waals surface area contributed by atoms with Crippen molar-refractivity contribution in [3.8, 4) is 11.5 Å². The molecule has 0 aliphatic heterocycles. The largest absolute Gasteiger partial charge is 0.465 e. The normalized spacial score (nSPS) is 10.3. The number of aromatic amines is 2.